The summed E-state index contributed by atoms with van der Waals surface area (Å²) in [5.41, 5.74) is 2.55. The van der Waals surface area contributed by atoms with Gasteiger partial charge in [-0.2, -0.15) is 5.10 Å². The molecule has 33 heavy (non-hydrogen) atoms. The van der Waals surface area contributed by atoms with Gasteiger partial charge in [0.2, 0.25) is 11.8 Å². The molecule has 0 N–H and O–H groups in total. The molecule has 1 fully saturated rings. The molecule has 0 radical (unpaired) electrons. The number of ether oxygens (including phenoxy) is 1. The van der Waals surface area contributed by atoms with Gasteiger partial charge >= 0.3 is 0 Å². The summed E-state index contributed by atoms with van der Waals surface area (Å²) >= 11 is 0. The maximum Gasteiger partial charge on any atom is 0.244 e. The minimum atomic E-state index is -0.346. The van der Waals surface area contributed by atoms with Crippen LogP contribution in [0, 0.1) is 12.7 Å². The maximum atomic E-state index is 13.6. The van der Waals surface area contributed by atoms with E-state index in [0.717, 1.165) is 24.4 Å². The first kappa shape index (κ1) is 22.6. The molecule has 1 aliphatic heterocycles. The summed E-state index contributed by atoms with van der Waals surface area (Å²) in [6.45, 7) is 6.43. The average Bonchev–Trinajstić information content (AvgIpc) is 3.23. The van der Waals surface area contributed by atoms with Crippen LogP contribution in [-0.4, -0.2) is 68.8 Å². The van der Waals surface area contributed by atoms with Crippen molar-refractivity contribution in [3.05, 3.63) is 47.8 Å². The number of carbonyl (C=O) groups excluding carboxylic acids is 1. The number of anilines is 1. The minimum absolute atomic E-state index is 0.0187. The van der Waals surface area contributed by atoms with E-state index in [0.29, 0.717) is 49.1 Å². The summed E-state index contributed by atoms with van der Waals surface area (Å²) in [7, 11) is 1.57. The van der Waals surface area contributed by atoms with Crippen LogP contribution in [0.5, 0.6) is 5.88 Å². The molecule has 1 saturated heterocycles. The van der Waals surface area contributed by atoms with E-state index >= 15 is 0 Å². The Balaban J connectivity index is 1.43. The Morgan fingerprint density at radius 3 is 2.61 bits per heavy atom. The molecule has 0 atom stereocenters. The number of methoxy groups -OCH3 is 1. The Kier molecular flexibility index (Phi) is 6.81. The molecule has 0 saturated carbocycles. The zero-order valence-corrected chi connectivity index (χ0v) is 19.2. The minimum Gasteiger partial charge on any atom is -0.481 e. The van der Waals surface area contributed by atoms with Crippen LogP contribution >= 0.6 is 0 Å². The Hall–Kier alpha value is -3.56. The van der Waals surface area contributed by atoms with Crippen LogP contribution in [0.1, 0.15) is 24.7 Å². The molecular formula is C23H28FN7O2. The zero-order chi connectivity index (χ0) is 23.4. The van der Waals surface area contributed by atoms with Crippen LogP contribution in [0.2, 0.25) is 0 Å². The summed E-state index contributed by atoms with van der Waals surface area (Å²) in [4.78, 5) is 29.7. The highest BCUT2D eigenvalue weighted by molar-refractivity contribution is 5.76. The lowest BCUT2D eigenvalue weighted by Gasteiger charge is -2.35. The zero-order valence-electron chi connectivity index (χ0n) is 19.2. The molecule has 0 aromatic carbocycles. The van der Waals surface area contributed by atoms with Gasteiger partial charge in [-0.3, -0.25) is 9.48 Å². The molecule has 174 valence electrons. The van der Waals surface area contributed by atoms with Crippen LogP contribution in [0.4, 0.5) is 10.2 Å². The SMILES string of the molecule is CCCc1cc(-c2ccc(F)c(C)n2)nn1CC(=O)N1CCN(c2cc(OC)ncn2)CC1. The Bertz CT molecular complexity index is 1130. The summed E-state index contributed by atoms with van der Waals surface area (Å²) in [6.07, 6.45) is 3.20. The van der Waals surface area contributed by atoms with Gasteiger partial charge in [-0.15, -0.1) is 0 Å². The van der Waals surface area contributed by atoms with E-state index in [1.807, 2.05) is 11.0 Å². The van der Waals surface area contributed by atoms with Crippen molar-refractivity contribution in [3.63, 3.8) is 0 Å². The molecular weight excluding hydrogens is 425 g/mol. The molecule has 0 unspecified atom stereocenters. The number of carbonyl (C=O) groups is 1. The molecule has 1 amide bonds. The summed E-state index contributed by atoms with van der Waals surface area (Å²) in [6, 6.07) is 6.75. The number of hydrogen-bond acceptors (Lipinski definition) is 7. The van der Waals surface area contributed by atoms with Gasteiger partial charge in [-0.1, -0.05) is 13.3 Å². The van der Waals surface area contributed by atoms with Crippen LogP contribution in [0.3, 0.4) is 0 Å². The molecule has 4 rings (SSSR count). The molecule has 0 bridgehead atoms. The Morgan fingerprint density at radius 2 is 1.91 bits per heavy atom. The van der Waals surface area contributed by atoms with Gasteiger partial charge < -0.3 is 14.5 Å². The maximum absolute atomic E-state index is 13.6. The lowest BCUT2D eigenvalue weighted by molar-refractivity contribution is -0.132. The highest BCUT2D eigenvalue weighted by atomic mass is 19.1. The normalized spacial score (nSPS) is 13.9. The van der Waals surface area contributed by atoms with Crippen molar-refractivity contribution in [3.8, 4) is 17.3 Å². The quantitative estimate of drug-likeness (QED) is 0.543. The van der Waals surface area contributed by atoms with Gasteiger partial charge in [0.1, 0.15) is 30.2 Å². The van der Waals surface area contributed by atoms with Crippen LogP contribution in [0.15, 0.2) is 30.6 Å². The Morgan fingerprint density at radius 1 is 1.12 bits per heavy atom. The first-order valence-electron chi connectivity index (χ1n) is 11.1. The summed E-state index contributed by atoms with van der Waals surface area (Å²) < 4.78 is 20.5. The largest absolute Gasteiger partial charge is 0.481 e. The van der Waals surface area contributed by atoms with E-state index in [1.165, 1.54) is 12.4 Å². The number of amides is 1. The van der Waals surface area contributed by atoms with Crippen molar-refractivity contribution in [2.24, 2.45) is 0 Å². The van der Waals surface area contributed by atoms with E-state index < -0.39 is 0 Å². The fourth-order valence-electron chi connectivity index (χ4n) is 3.89. The lowest BCUT2D eigenvalue weighted by Crippen LogP contribution is -2.50. The van der Waals surface area contributed by atoms with Crippen molar-refractivity contribution >= 4 is 11.7 Å². The van der Waals surface area contributed by atoms with E-state index in [9.17, 15) is 9.18 Å². The average molecular weight is 454 g/mol. The second-order valence-electron chi connectivity index (χ2n) is 7.98. The van der Waals surface area contributed by atoms with Crippen LogP contribution in [-0.2, 0) is 17.8 Å². The van der Waals surface area contributed by atoms with Gasteiger partial charge in [0, 0.05) is 37.9 Å². The molecule has 1 aliphatic rings. The molecule has 0 spiro atoms. The van der Waals surface area contributed by atoms with Gasteiger partial charge in [0.25, 0.3) is 0 Å². The van der Waals surface area contributed by atoms with Gasteiger partial charge in [-0.05, 0) is 31.5 Å². The van der Waals surface area contributed by atoms with Crippen molar-refractivity contribution in [2.45, 2.75) is 33.2 Å². The highest BCUT2D eigenvalue weighted by Gasteiger charge is 2.23. The van der Waals surface area contributed by atoms with Gasteiger partial charge in [-0.25, -0.2) is 19.3 Å². The predicted octanol–water partition coefficient (Wildman–Crippen LogP) is 2.49. The lowest BCUT2D eigenvalue weighted by atomic mass is 10.2. The summed E-state index contributed by atoms with van der Waals surface area (Å²) in [5, 5.41) is 4.63. The third-order valence-electron chi connectivity index (χ3n) is 5.73. The third kappa shape index (κ3) is 5.10. The first-order chi connectivity index (χ1) is 16.0. The topological polar surface area (TPSA) is 89.3 Å². The van der Waals surface area contributed by atoms with Crippen molar-refractivity contribution in [1.82, 2.24) is 29.6 Å². The number of aromatic nitrogens is 5. The molecule has 9 nitrogen and oxygen atoms in total. The number of nitrogens with zero attached hydrogens (tertiary/aromatic N) is 7. The number of hydrogen-bond donors (Lipinski definition) is 0. The predicted molar refractivity (Wildman–Crippen MR) is 122 cm³/mol. The number of aryl methyl sites for hydroxylation is 2. The third-order valence-corrected chi connectivity index (χ3v) is 5.73. The van der Waals surface area contributed by atoms with Crippen LogP contribution in [0.25, 0.3) is 11.4 Å². The standard InChI is InChI=1S/C23H28FN7O2/c1-4-5-17-12-20(19-7-6-18(24)16(2)27-19)28-31(17)14-23(32)30-10-8-29(9-11-30)21-13-22(33-3)26-15-25-21/h6-7,12-13,15H,4-5,8-11,14H2,1-3H3. The van der Waals surface area contributed by atoms with E-state index in [-0.39, 0.29) is 18.3 Å². The number of piperazine rings is 1. The number of rotatable bonds is 7. The van der Waals surface area contributed by atoms with Gasteiger partial charge in [0.05, 0.1) is 18.5 Å². The van der Waals surface area contributed by atoms with E-state index in [1.54, 1.807) is 30.8 Å². The monoisotopic (exact) mass is 453 g/mol. The second kappa shape index (κ2) is 9.93. The first-order valence-corrected chi connectivity index (χ1v) is 11.1. The van der Waals surface area contributed by atoms with E-state index in [2.05, 4.69) is 31.9 Å². The fourth-order valence-corrected chi connectivity index (χ4v) is 3.89. The second-order valence-corrected chi connectivity index (χ2v) is 7.98. The van der Waals surface area contributed by atoms with E-state index in [4.69, 9.17) is 4.74 Å². The van der Waals surface area contributed by atoms with Crippen LogP contribution < -0.4 is 9.64 Å². The smallest absolute Gasteiger partial charge is 0.244 e. The fraction of sp³-hybridized carbons (Fsp3) is 0.435. The number of pyridine rings is 1. The molecule has 10 heteroatoms. The molecule has 3 aromatic rings. The van der Waals surface area contributed by atoms with Gasteiger partial charge in [0.15, 0.2) is 0 Å². The molecule has 4 heterocycles. The highest BCUT2D eigenvalue weighted by Crippen LogP contribution is 2.21. The number of halogens is 1. The van der Waals surface area contributed by atoms with Crippen molar-refractivity contribution < 1.29 is 13.9 Å². The van der Waals surface area contributed by atoms with Crippen molar-refractivity contribution in [1.29, 1.82) is 0 Å². The van der Waals surface area contributed by atoms with Crippen molar-refractivity contribution in [2.75, 3.05) is 38.2 Å². The molecule has 0 aliphatic carbocycles. The molecule has 3 aromatic heterocycles. The summed E-state index contributed by atoms with van der Waals surface area (Å²) in [5.74, 6) is 0.979. The Labute approximate surface area is 192 Å².